The molecule has 0 aliphatic heterocycles. The molecule has 2 N–H and O–H groups in total. The second kappa shape index (κ2) is 7.76. The highest BCUT2D eigenvalue weighted by atomic mass is 19.3. The number of halogens is 4. The van der Waals surface area contributed by atoms with Crippen molar-refractivity contribution in [1.82, 2.24) is 4.98 Å². The number of alkyl halides is 4. The van der Waals surface area contributed by atoms with E-state index >= 15 is 0 Å². The maximum absolute atomic E-state index is 13.3. The molecule has 28 heavy (non-hydrogen) atoms. The van der Waals surface area contributed by atoms with E-state index in [0.29, 0.717) is 11.1 Å². The normalized spacial score (nSPS) is 17.9. The fourth-order valence-electron chi connectivity index (χ4n) is 3.15. The van der Waals surface area contributed by atoms with E-state index in [1.54, 1.807) is 18.2 Å². The van der Waals surface area contributed by atoms with E-state index in [4.69, 9.17) is 10.5 Å². The Hall–Kier alpha value is -2.66. The highest BCUT2D eigenvalue weighted by Crippen LogP contribution is 2.38. The number of benzene rings is 1. The lowest BCUT2D eigenvalue weighted by Crippen LogP contribution is -2.50. The minimum atomic E-state index is -2.69. The summed E-state index contributed by atoms with van der Waals surface area (Å²) in [5, 5.41) is 9.41. The van der Waals surface area contributed by atoms with Gasteiger partial charge in [0.2, 0.25) is 5.92 Å². The first-order valence-electron chi connectivity index (χ1n) is 8.80. The highest BCUT2D eigenvalue weighted by Gasteiger charge is 2.41. The molecule has 0 saturated heterocycles. The summed E-state index contributed by atoms with van der Waals surface area (Å²) in [4.78, 5) is 3.62. The topological polar surface area (TPSA) is 71.9 Å². The molecule has 0 atom stereocenters. The molecule has 4 nitrogen and oxygen atoms in total. The Bertz CT molecular complexity index is 885. The molecule has 0 amide bonds. The van der Waals surface area contributed by atoms with Crippen LogP contribution in [0.3, 0.4) is 0 Å². The van der Waals surface area contributed by atoms with Crippen molar-refractivity contribution in [2.24, 2.45) is 5.73 Å². The van der Waals surface area contributed by atoms with Gasteiger partial charge in [0, 0.05) is 19.0 Å². The van der Waals surface area contributed by atoms with Crippen molar-refractivity contribution < 1.29 is 22.3 Å². The lowest BCUT2D eigenvalue weighted by molar-refractivity contribution is -0.0556. The van der Waals surface area contributed by atoms with Crippen LogP contribution in [-0.4, -0.2) is 23.1 Å². The van der Waals surface area contributed by atoms with Crippen molar-refractivity contribution in [3.8, 4) is 22.9 Å². The summed E-state index contributed by atoms with van der Waals surface area (Å²) in [6.07, 6.45) is -1.72. The van der Waals surface area contributed by atoms with Crippen LogP contribution in [0.25, 0.3) is 11.1 Å². The summed E-state index contributed by atoms with van der Waals surface area (Å²) in [5.74, 6) is -2.42. The predicted molar refractivity (Wildman–Crippen MR) is 95.2 cm³/mol. The molecule has 148 valence electrons. The molecule has 1 aliphatic rings. The van der Waals surface area contributed by atoms with E-state index in [-0.39, 0.29) is 49.3 Å². The number of pyridine rings is 1. The quantitative estimate of drug-likeness (QED) is 0.738. The zero-order valence-electron chi connectivity index (χ0n) is 15.0. The van der Waals surface area contributed by atoms with Gasteiger partial charge in [-0.1, -0.05) is 6.07 Å². The van der Waals surface area contributed by atoms with Crippen molar-refractivity contribution in [1.29, 1.82) is 5.26 Å². The Morgan fingerprint density at radius 3 is 2.43 bits per heavy atom. The van der Waals surface area contributed by atoms with E-state index in [9.17, 15) is 22.8 Å². The van der Waals surface area contributed by atoms with Crippen molar-refractivity contribution in [3.05, 3.63) is 47.8 Å². The van der Waals surface area contributed by atoms with Crippen LogP contribution in [0.1, 0.15) is 43.4 Å². The SMILES string of the molecule is N#Cc1cc(-c2ccnc(C(F)F)c2)ccc1OCC1(N)CCC(F)(F)CC1. The number of aromatic nitrogens is 1. The number of ether oxygens (including phenoxy) is 1. The molecule has 1 saturated carbocycles. The lowest BCUT2D eigenvalue weighted by Gasteiger charge is -2.36. The number of rotatable bonds is 5. The molecule has 0 unspecified atom stereocenters. The average molecular weight is 393 g/mol. The van der Waals surface area contributed by atoms with Gasteiger partial charge in [-0.15, -0.1) is 0 Å². The second-order valence-electron chi connectivity index (χ2n) is 7.10. The molecular weight excluding hydrogens is 374 g/mol. The van der Waals surface area contributed by atoms with Crippen molar-refractivity contribution in [2.75, 3.05) is 6.61 Å². The summed E-state index contributed by atoms with van der Waals surface area (Å²) in [7, 11) is 0. The third kappa shape index (κ3) is 4.60. The van der Waals surface area contributed by atoms with Gasteiger partial charge >= 0.3 is 0 Å². The van der Waals surface area contributed by atoms with Crippen LogP contribution in [0.2, 0.25) is 0 Å². The molecule has 8 heteroatoms. The molecule has 2 aromatic rings. The molecule has 1 aromatic carbocycles. The standard InChI is InChI=1S/C20H19F4N3O/c21-18(22)16-10-14(3-8-27-16)13-1-2-17(15(9-13)11-25)28-12-19(26)4-6-20(23,24)7-5-19/h1-3,8-10,18H,4-7,12,26H2. The summed E-state index contributed by atoms with van der Waals surface area (Å²) in [6, 6.07) is 9.56. The van der Waals surface area contributed by atoms with Gasteiger partial charge in [-0.05, 0) is 48.2 Å². The third-order valence-corrected chi connectivity index (χ3v) is 4.93. The van der Waals surface area contributed by atoms with Crippen molar-refractivity contribution in [2.45, 2.75) is 43.6 Å². The molecule has 1 aromatic heterocycles. The van der Waals surface area contributed by atoms with E-state index < -0.39 is 17.9 Å². The van der Waals surface area contributed by atoms with E-state index in [1.807, 2.05) is 6.07 Å². The van der Waals surface area contributed by atoms with Gasteiger partial charge in [-0.2, -0.15) is 5.26 Å². The van der Waals surface area contributed by atoms with Crippen LogP contribution >= 0.6 is 0 Å². The van der Waals surface area contributed by atoms with E-state index in [1.165, 1.54) is 18.3 Å². The first-order chi connectivity index (χ1) is 13.2. The zero-order chi connectivity index (χ0) is 20.4. The number of nitriles is 1. The molecule has 0 radical (unpaired) electrons. The summed E-state index contributed by atoms with van der Waals surface area (Å²) in [6.45, 7) is 0.0158. The maximum atomic E-state index is 13.3. The first-order valence-corrected chi connectivity index (χ1v) is 8.80. The second-order valence-corrected chi connectivity index (χ2v) is 7.10. The van der Waals surface area contributed by atoms with Crippen LogP contribution < -0.4 is 10.5 Å². The van der Waals surface area contributed by atoms with Crippen LogP contribution in [0.15, 0.2) is 36.5 Å². The van der Waals surface area contributed by atoms with Crippen LogP contribution in [0, 0.1) is 11.3 Å². The summed E-state index contributed by atoms with van der Waals surface area (Å²) >= 11 is 0. The molecule has 1 heterocycles. The van der Waals surface area contributed by atoms with Gasteiger partial charge in [-0.25, -0.2) is 17.6 Å². The van der Waals surface area contributed by atoms with Gasteiger partial charge < -0.3 is 10.5 Å². The molecule has 1 fully saturated rings. The monoisotopic (exact) mass is 393 g/mol. The minimum Gasteiger partial charge on any atom is -0.490 e. The van der Waals surface area contributed by atoms with Gasteiger partial charge in [0.05, 0.1) is 11.1 Å². The molecule has 3 rings (SSSR count). The fourth-order valence-corrected chi connectivity index (χ4v) is 3.15. The molecular formula is C20H19F4N3O. The summed E-state index contributed by atoms with van der Waals surface area (Å²) in [5.41, 5.74) is 6.21. The number of hydrogen-bond acceptors (Lipinski definition) is 4. The Labute approximate surface area is 159 Å². The van der Waals surface area contributed by atoms with Gasteiger partial charge in [0.15, 0.2) is 0 Å². The smallest absolute Gasteiger partial charge is 0.280 e. The Balaban J connectivity index is 1.75. The van der Waals surface area contributed by atoms with Crippen LogP contribution in [-0.2, 0) is 0 Å². The number of nitrogens with zero attached hydrogens (tertiary/aromatic N) is 2. The number of hydrogen-bond donors (Lipinski definition) is 1. The maximum Gasteiger partial charge on any atom is 0.280 e. The Morgan fingerprint density at radius 2 is 1.79 bits per heavy atom. The molecule has 0 spiro atoms. The highest BCUT2D eigenvalue weighted by molar-refractivity contribution is 5.67. The van der Waals surface area contributed by atoms with Crippen LogP contribution in [0.4, 0.5) is 17.6 Å². The van der Waals surface area contributed by atoms with Gasteiger partial charge in [0.1, 0.15) is 24.1 Å². The predicted octanol–water partition coefficient (Wildman–Crippen LogP) is 4.84. The fraction of sp³-hybridized carbons (Fsp3) is 0.400. The number of nitrogens with two attached hydrogens (primary N) is 1. The Kier molecular flexibility index (Phi) is 5.57. The minimum absolute atomic E-state index is 0.0158. The Morgan fingerprint density at radius 1 is 1.11 bits per heavy atom. The van der Waals surface area contributed by atoms with Gasteiger partial charge in [-0.3, -0.25) is 4.98 Å². The zero-order valence-corrected chi connectivity index (χ0v) is 15.0. The lowest BCUT2D eigenvalue weighted by atomic mass is 9.81. The van der Waals surface area contributed by atoms with E-state index in [2.05, 4.69) is 4.98 Å². The molecule has 0 bridgehead atoms. The van der Waals surface area contributed by atoms with Crippen molar-refractivity contribution >= 4 is 0 Å². The average Bonchev–Trinajstić information content (AvgIpc) is 2.69. The summed E-state index contributed by atoms with van der Waals surface area (Å²) < 4.78 is 58.0. The van der Waals surface area contributed by atoms with Gasteiger partial charge in [0.25, 0.3) is 6.43 Å². The largest absolute Gasteiger partial charge is 0.490 e. The first kappa shape index (κ1) is 20.1. The van der Waals surface area contributed by atoms with Crippen molar-refractivity contribution in [3.63, 3.8) is 0 Å². The molecule has 1 aliphatic carbocycles. The van der Waals surface area contributed by atoms with Crippen LogP contribution in [0.5, 0.6) is 5.75 Å². The third-order valence-electron chi connectivity index (χ3n) is 4.93. The van der Waals surface area contributed by atoms with E-state index in [0.717, 1.165) is 0 Å².